The quantitative estimate of drug-likeness (QED) is 0.767. The first-order valence-electron chi connectivity index (χ1n) is 5.81. The van der Waals surface area contributed by atoms with Crippen LogP contribution in [-0.4, -0.2) is 37.7 Å². The van der Waals surface area contributed by atoms with Crippen LogP contribution in [0.15, 0.2) is 0 Å². The summed E-state index contributed by atoms with van der Waals surface area (Å²) in [7, 11) is 0. The van der Waals surface area contributed by atoms with Crippen LogP contribution < -0.4 is 10.6 Å². The highest BCUT2D eigenvalue weighted by Crippen LogP contribution is 2.36. The molecule has 0 bridgehead atoms. The first-order chi connectivity index (χ1) is 7.18. The van der Waals surface area contributed by atoms with Crippen LogP contribution in [0.5, 0.6) is 0 Å². The maximum Gasteiger partial charge on any atom is 0.239 e. The molecular formula is C11H21ClN2O2. The van der Waals surface area contributed by atoms with Crippen LogP contribution >= 0.6 is 12.4 Å². The molecular weight excluding hydrogens is 228 g/mol. The predicted molar refractivity (Wildman–Crippen MR) is 64.7 cm³/mol. The molecule has 1 aliphatic carbocycles. The summed E-state index contributed by atoms with van der Waals surface area (Å²) in [5.41, 5.74) is 0. The minimum Gasteiger partial charge on any atom is -0.375 e. The van der Waals surface area contributed by atoms with E-state index in [1.54, 1.807) is 0 Å². The number of carbonyl (C=O) groups excluding carboxylic acids is 1. The van der Waals surface area contributed by atoms with E-state index in [1.165, 1.54) is 6.42 Å². The van der Waals surface area contributed by atoms with Crippen LogP contribution in [-0.2, 0) is 9.53 Å². The van der Waals surface area contributed by atoms with E-state index in [0.29, 0.717) is 12.5 Å². The number of rotatable bonds is 3. The van der Waals surface area contributed by atoms with Crippen molar-refractivity contribution < 1.29 is 9.53 Å². The Bertz CT molecular complexity index is 250. The summed E-state index contributed by atoms with van der Waals surface area (Å²) >= 11 is 0. The van der Waals surface area contributed by atoms with E-state index >= 15 is 0 Å². The molecule has 0 aromatic heterocycles. The number of nitrogens with one attached hydrogen (secondary N) is 2. The number of ether oxygens (including phenoxy) is 1. The lowest BCUT2D eigenvalue weighted by Gasteiger charge is -2.29. The summed E-state index contributed by atoms with van der Waals surface area (Å²) in [4.78, 5) is 11.8. The summed E-state index contributed by atoms with van der Waals surface area (Å²) in [6.45, 7) is 6.45. The van der Waals surface area contributed by atoms with Crippen molar-refractivity contribution in [2.45, 2.75) is 32.4 Å². The molecule has 0 radical (unpaired) electrons. The fourth-order valence-corrected chi connectivity index (χ4v) is 2.05. The molecule has 16 heavy (non-hydrogen) atoms. The molecule has 0 aromatic rings. The van der Waals surface area contributed by atoms with Crippen molar-refractivity contribution in [3.63, 3.8) is 0 Å². The van der Waals surface area contributed by atoms with Gasteiger partial charge >= 0.3 is 0 Å². The Labute approximate surface area is 103 Å². The van der Waals surface area contributed by atoms with Gasteiger partial charge in [0.15, 0.2) is 0 Å². The summed E-state index contributed by atoms with van der Waals surface area (Å²) < 4.78 is 5.43. The van der Waals surface area contributed by atoms with Crippen molar-refractivity contribution in [1.82, 2.24) is 10.6 Å². The second-order valence-electron chi connectivity index (χ2n) is 4.73. The number of halogens is 1. The first-order valence-corrected chi connectivity index (χ1v) is 5.81. The Hall–Kier alpha value is -0.320. The van der Waals surface area contributed by atoms with Gasteiger partial charge in [0.2, 0.25) is 5.91 Å². The van der Waals surface area contributed by atoms with Crippen molar-refractivity contribution >= 4 is 18.3 Å². The second-order valence-corrected chi connectivity index (χ2v) is 4.73. The van der Waals surface area contributed by atoms with Gasteiger partial charge in [0, 0.05) is 13.1 Å². The Kier molecular flexibility index (Phi) is 5.02. The van der Waals surface area contributed by atoms with E-state index in [0.717, 1.165) is 19.0 Å². The van der Waals surface area contributed by atoms with Gasteiger partial charge in [-0.25, -0.2) is 0 Å². The molecule has 2 rings (SSSR count). The highest BCUT2D eigenvalue weighted by Gasteiger charge is 2.34. The van der Waals surface area contributed by atoms with Gasteiger partial charge in [-0.15, -0.1) is 12.4 Å². The third-order valence-corrected chi connectivity index (χ3v) is 3.41. The molecule has 1 amide bonds. The minimum absolute atomic E-state index is 0. The lowest BCUT2D eigenvalue weighted by Crippen LogP contribution is -2.55. The summed E-state index contributed by atoms with van der Waals surface area (Å²) in [6.07, 6.45) is 1.24. The molecule has 1 saturated heterocycles. The van der Waals surface area contributed by atoms with Gasteiger partial charge in [0.25, 0.3) is 0 Å². The van der Waals surface area contributed by atoms with Crippen LogP contribution in [0.4, 0.5) is 0 Å². The topological polar surface area (TPSA) is 50.4 Å². The second kappa shape index (κ2) is 5.84. The SMILES string of the molecule is CC1CC1CNC(=O)[C@H]1NCCO[C@@H]1C.Cl. The maximum atomic E-state index is 11.8. The molecule has 1 heterocycles. The Morgan fingerprint density at radius 1 is 1.50 bits per heavy atom. The zero-order chi connectivity index (χ0) is 10.8. The molecule has 2 unspecified atom stereocenters. The third-order valence-electron chi connectivity index (χ3n) is 3.41. The number of hydrogen-bond acceptors (Lipinski definition) is 3. The molecule has 4 nitrogen and oxygen atoms in total. The highest BCUT2D eigenvalue weighted by atomic mass is 35.5. The summed E-state index contributed by atoms with van der Waals surface area (Å²) in [5, 5.41) is 6.18. The highest BCUT2D eigenvalue weighted by molar-refractivity contribution is 5.85. The smallest absolute Gasteiger partial charge is 0.239 e. The zero-order valence-corrected chi connectivity index (χ0v) is 10.7. The molecule has 2 fully saturated rings. The van der Waals surface area contributed by atoms with Gasteiger partial charge in [-0.2, -0.15) is 0 Å². The largest absolute Gasteiger partial charge is 0.375 e. The normalized spacial score (nSPS) is 37.4. The third kappa shape index (κ3) is 3.34. The Morgan fingerprint density at radius 2 is 2.19 bits per heavy atom. The van der Waals surface area contributed by atoms with Gasteiger partial charge in [-0.1, -0.05) is 6.92 Å². The van der Waals surface area contributed by atoms with Gasteiger partial charge in [-0.05, 0) is 25.2 Å². The van der Waals surface area contributed by atoms with Crippen molar-refractivity contribution in [2.24, 2.45) is 11.8 Å². The van der Waals surface area contributed by atoms with Gasteiger partial charge in [0.05, 0.1) is 12.7 Å². The molecule has 2 N–H and O–H groups in total. The van der Waals surface area contributed by atoms with E-state index in [9.17, 15) is 4.79 Å². The molecule has 5 heteroatoms. The van der Waals surface area contributed by atoms with Crippen LogP contribution in [0.3, 0.4) is 0 Å². The fraction of sp³-hybridized carbons (Fsp3) is 0.909. The minimum atomic E-state index is -0.173. The van der Waals surface area contributed by atoms with E-state index in [2.05, 4.69) is 17.6 Å². The summed E-state index contributed by atoms with van der Waals surface area (Å²) in [6, 6.07) is -0.173. The van der Waals surface area contributed by atoms with Crippen molar-refractivity contribution in [1.29, 1.82) is 0 Å². The Morgan fingerprint density at radius 3 is 2.75 bits per heavy atom. The van der Waals surface area contributed by atoms with Crippen LogP contribution in [0.25, 0.3) is 0 Å². The van der Waals surface area contributed by atoms with E-state index in [-0.39, 0.29) is 30.5 Å². The average molecular weight is 249 g/mol. The molecule has 1 aliphatic heterocycles. The number of hydrogen-bond donors (Lipinski definition) is 2. The standard InChI is InChI=1S/C11H20N2O2.ClH/c1-7-5-9(7)6-13-11(14)10-8(2)15-4-3-12-10;/h7-10,12H,3-6H2,1-2H3,(H,13,14);1H/t7?,8-,9?,10+;/m1./s1. The molecule has 2 aliphatic rings. The number of carbonyl (C=O) groups is 1. The van der Waals surface area contributed by atoms with E-state index in [4.69, 9.17) is 4.74 Å². The monoisotopic (exact) mass is 248 g/mol. The maximum absolute atomic E-state index is 11.8. The average Bonchev–Trinajstić information content (AvgIpc) is 2.92. The van der Waals surface area contributed by atoms with Gasteiger partial charge < -0.3 is 15.4 Å². The van der Waals surface area contributed by atoms with Crippen molar-refractivity contribution in [3.05, 3.63) is 0 Å². The van der Waals surface area contributed by atoms with Crippen LogP contribution in [0.2, 0.25) is 0 Å². The molecule has 4 atom stereocenters. The summed E-state index contributed by atoms with van der Waals surface area (Å²) in [5.74, 6) is 1.58. The zero-order valence-electron chi connectivity index (χ0n) is 9.86. The lowest BCUT2D eigenvalue weighted by atomic mass is 10.1. The first kappa shape index (κ1) is 13.7. The molecule has 1 saturated carbocycles. The lowest BCUT2D eigenvalue weighted by molar-refractivity contribution is -0.129. The van der Waals surface area contributed by atoms with Crippen LogP contribution in [0, 0.1) is 11.8 Å². The van der Waals surface area contributed by atoms with E-state index in [1.807, 2.05) is 6.92 Å². The Balaban J connectivity index is 0.00000128. The number of morpholine rings is 1. The van der Waals surface area contributed by atoms with E-state index < -0.39 is 0 Å². The van der Waals surface area contributed by atoms with Gasteiger partial charge in [0.1, 0.15) is 6.04 Å². The fourth-order valence-electron chi connectivity index (χ4n) is 2.05. The predicted octanol–water partition coefficient (Wildman–Crippen LogP) is 0.557. The van der Waals surface area contributed by atoms with Crippen molar-refractivity contribution in [2.75, 3.05) is 19.7 Å². The molecule has 94 valence electrons. The molecule has 0 spiro atoms. The van der Waals surface area contributed by atoms with Crippen molar-refractivity contribution in [3.8, 4) is 0 Å². The van der Waals surface area contributed by atoms with Crippen LogP contribution in [0.1, 0.15) is 20.3 Å². The number of amides is 1. The molecule has 0 aromatic carbocycles. The van der Waals surface area contributed by atoms with Gasteiger partial charge in [-0.3, -0.25) is 4.79 Å².